The Labute approximate surface area is 116 Å². The van der Waals surface area contributed by atoms with E-state index < -0.39 is 11.5 Å². The zero-order chi connectivity index (χ0) is 14.6. The number of methoxy groups -OCH3 is 1. The molecule has 1 saturated heterocycles. The highest BCUT2D eigenvalue weighted by Crippen LogP contribution is 2.22. The summed E-state index contributed by atoms with van der Waals surface area (Å²) >= 11 is 0. The minimum Gasteiger partial charge on any atom is -0.480 e. The molecule has 3 unspecified atom stereocenters. The van der Waals surface area contributed by atoms with Gasteiger partial charge in [0.05, 0.1) is 6.10 Å². The van der Waals surface area contributed by atoms with Gasteiger partial charge in [-0.2, -0.15) is 0 Å². The van der Waals surface area contributed by atoms with Gasteiger partial charge in [-0.05, 0) is 40.5 Å². The Morgan fingerprint density at radius 3 is 2.58 bits per heavy atom. The summed E-state index contributed by atoms with van der Waals surface area (Å²) in [5.74, 6) is -0.782. The smallest absolute Gasteiger partial charge is 0.323 e. The normalized spacial score (nSPS) is 25.5. The van der Waals surface area contributed by atoms with Crippen LogP contribution in [0.3, 0.4) is 0 Å². The van der Waals surface area contributed by atoms with Gasteiger partial charge in [-0.25, -0.2) is 0 Å². The first kappa shape index (κ1) is 16.4. The first-order valence-corrected chi connectivity index (χ1v) is 7.06. The molecule has 1 aliphatic rings. The van der Waals surface area contributed by atoms with Crippen LogP contribution in [0.1, 0.15) is 40.5 Å². The average molecular weight is 272 g/mol. The standard InChI is InChI=1S/C14H28N2O3/c1-10(2)15-14(4,13(17)18)8-11(3)16-7-6-12(9-16)19-5/h10-12,15H,6-9H2,1-5H3,(H,17,18). The molecule has 19 heavy (non-hydrogen) atoms. The van der Waals surface area contributed by atoms with Crippen molar-refractivity contribution in [3.05, 3.63) is 0 Å². The fourth-order valence-electron chi connectivity index (χ4n) is 2.91. The number of carbonyl (C=O) groups is 1. The Bertz CT molecular complexity index is 309. The van der Waals surface area contributed by atoms with Crippen LogP contribution in [0.4, 0.5) is 0 Å². The molecule has 0 aromatic heterocycles. The summed E-state index contributed by atoms with van der Waals surface area (Å²) in [6.07, 6.45) is 1.91. The third kappa shape index (κ3) is 4.44. The average Bonchev–Trinajstić information content (AvgIpc) is 2.75. The monoisotopic (exact) mass is 272 g/mol. The van der Waals surface area contributed by atoms with E-state index in [4.69, 9.17) is 4.74 Å². The van der Waals surface area contributed by atoms with Crippen LogP contribution in [0.15, 0.2) is 0 Å². The van der Waals surface area contributed by atoms with E-state index in [2.05, 4.69) is 17.1 Å². The number of likely N-dealkylation sites (tertiary alicyclic amines) is 1. The van der Waals surface area contributed by atoms with Gasteiger partial charge in [-0.15, -0.1) is 0 Å². The van der Waals surface area contributed by atoms with Crippen LogP contribution >= 0.6 is 0 Å². The molecule has 5 heteroatoms. The van der Waals surface area contributed by atoms with Gasteiger partial charge in [0.25, 0.3) is 0 Å². The zero-order valence-corrected chi connectivity index (χ0v) is 12.8. The van der Waals surface area contributed by atoms with E-state index >= 15 is 0 Å². The van der Waals surface area contributed by atoms with E-state index in [0.29, 0.717) is 6.42 Å². The van der Waals surface area contributed by atoms with Crippen molar-refractivity contribution < 1.29 is 14.6 Å². The molecule has 5 nitrogen and oxygen atoms in total. The van der Waals surface area contributed by atoms with E-state index in [0.717, 1.165) is 19.5 Å². The third-order valence-electron chi connectivity index (χ3n) is 3.92. The van der Waals surface area contributed by atoms with Crippen molar-refractivity contribution >= 4 is 5.97 Å². The number of nitrogens with zero attached hydrogens (tertiary/aromatic N) is 1. The van der Waals surface area contributed by atoms with Crippen LogP contribution in [0, 0.1) is 0 Å². The van der Waals surface area contributed by atoms with Gasteiger partial charge in [0.2, 0.25) is 0 Å². The largest absolute Gasteiger partial charge is 0.480 e. The molecule has 1 aliphatic heterocycles. The maximum atomic E-state index is 11.5. The summed E-state index contributed by atoms with van der Waals surface area (Å²) in [7, 11) is 1.74. The van der Waals surface area contributed by atoms with Crippen LogP contribution in [0.25, 0.3) is 0 Å². The molecule has 2 N–H and O–H groups in total. The molecule has 0 radical (unpaired) electrons. The molecule has 0 spiro atoms. The summed E-state index contributed by atoms with van der Waals surface area (Å²) in [5, 5.41) is 12.6. The van der Waals surface area contributed by atoms with Crippen molar-refractivity contribution in [2.75, 3.05) is 20.2 Å². The number of carboxylic acid groups (broad SMARTS) is 1. The van der Waals surface area contributed by atoms with E-state index in [1.165, 1.54) is 0 Å². The molecule has 0 aromatic rings. The molecule has 112 valence electrons. The lowest BCUT2D eigenvalue weighted by atomic mass is 9.92. The molecule has 0 bridgehead atoms. The first-order valence-electron chi connectivity index (χ1n) is 7.06. The van der Waals surface area contributed by atoms with Crippen LogP contribution < -0.4 is 5.32 Å². The van der Waals surface area contributed by atoms with Crippen LogP contribution in [-0.2, 0) is 9.53 Å². The third-order valence-corrected chi connectivity index (χ3v) is 3.92. The maximum absolute atomic E-state index is 11.5. The predicted octanol–water partition coefficient (Wildman–Crippen LogP) is 1.33. The highest BCUT2D eigenvalue weighted by atomic mass is 16.5. The lowest BCUT2D eigenvalue weighted by molar-refractivity contribution is -0.145. The molecule has 1 rings (SSSR count). The van der Waals surface area contributed by atoms with Gasteiger partial charge < -0.3 is 9.84 Å². The minimum absolute atomic E-state index is 0.151. The van der Waals surface area contributed by atoms with Crippen molar-refractivity contribution in [3.63, 3.8) is 0 Å². The van der Waals surface area contributed by atoms with Crippen molar-refractivity contribution in [1.29, 1.82) is 0 Å². The Morgan fingerprint density at radius 1 is 1.53 bits per heavy atom. The summed E-state index contributed by atoms with van der Waals surface area (Å²) in [4.78, 5) is 13.8. The van der Waals surface area contributed by atoms with Gasteiger partial charge in [0, 0.05) is 32.3 Å². The Balaban J connectivity index is 2.61. The van der Waals surface area contributed by atoms with Crippen molar-refractivity contribution in [2.24, 2.45) is 0 Å². The molecule has 1 fully saturated rings. The Morgan fingerprint density at radius 2 is 2.16 bits per heavy atom. The summed E-state index contributed by atoms with van der Waals surface area (Å²) in [6.45, 7) is 9.70. The first-order chi connectivity index (χ1) is 8.78. The second kappa shape index (κ2) is 6.68. The number of nitrogens with one attached hydrogen (secondary N) is 1. The number of ether oxygens (including phenoxy) is 1. The molecular weight excluding hydrogens is 244 g/mol. The van der Waals surface area contributed by atoms with Crippen LogP contribution in [0.2, 0.25) is 0 Å². The number of rotatable bonds is 7. The number of aliphatic carboxylic acids is 1. The van der Waals surface area contributed by atoms with E-state index in [1.54, 1.807) is 14.0 Å². The second-order valence-corrected chi connectivity index (χ2v) is 6.13. The second-order valence-electron chi connectivity index (χ2n) is 6.13. The summed E-state index contributed by atoms with van der Waals surface area (Å²) in [5.41, 5.74) is -0.876. The van der Waals surface area contributed by atoms with Crippen molar-refractivity contribution in [1.82, 2.24) is 10.2 Å². The highest BCUT2D eigenvalue weighted by Gasteiger charge is 2.37. The molecule has 0 aromatic carbocycles. The number of carboxylic acids is 1. The predicted molar refractivity (Wildman–Crippen MR) is 75.4 cm³/mol. The molecule has 3 atom stereocenters. The molecule has 0 aliphatic carbocycles. The Kier molecular flexibility index (Phi) is 5.77. The Hall–Kier alpha value is -0.650. The van der Waals surface area contributed by atoms with E-state index in [1.807, 2.05) is 13.8 Å². The van der Waals surface area contributed by atoms with Gasteiger partial charge in [-0.3, -0.25) is 15.0 Å². The highest BCUT2D eigenvalue weighted by molar-refractivity contribution is 5.78. The zero-order valence-electron chi connectivity index (χ0n) is 12.8. The van der Waals surface area contributed by atoms with Gasteiger partial charge in [-0.1, -0.05) is 0 Å². The molecule has 1 heterocycles. The van der Waals surface area contributed by atoms with Gasteiger partial charge >= 0.3 is 5.97 Å². The van der Waals surface area contributed by atoms with Gasteiger partial charge in [0.1, 0.15) is 5.54 Å². The minimum atomic E-state index is -0.876. The molecule has 0 saturated carbocycles. The fourth-order valence-corrected chi connectivity index (χ4v) is 2.91. The fraction of sp³-hybridized carbons (Fsp3) is 0.929. The quantitative estimate of drug-likeness (QED) is 0.732. The van der Waals surface area contributed by atoms with Crippen LogP contribution in [-0.4, -0.2) is 59.9 Å². The summed E-state index contributed by atoms with van der Waals surface area (Å²) < 4.78 is 5.36. The summed E-state index contributed by atoms with van der Waals surface area (Å²) in [6, 6.07) is 0.381. The molecular formula is C14H28N2O3. The van der Waals surface area contributed by atoms with Crippen molar-refractivity contribution in [3.8, 4) is 0 Å². The number of hydrogen-bond acceptors (Lipinski definition) is 4. The van der Waals surface area contributed by atoms with Crippen molar-refractivity contribution in [2.45, 2.75) is 64.3 Å². The SMILES string of the molecule is COC1CCN(C(C)CC(C)(NC(C)C)C(=O)O)C1. The van der Waals surface area contributed by atoms with E-state index in [9.17, 15) is 9.90 Å². The molecule has 0 amide bonds. The topological polar surface area (TPSA) is 61.8 Å². The van der Waals surface area contributed by atoms with Crippen LogP contribution in [0.5, 0.6) is 0 Å². The lowest BCUT2D eigenvalue weighted by Crippen LogP contribution is -2.55. The lowest BCUT2D eigenvalue weighted by Gasteiger charge is -2.34. The van der Waals surface area contributed by atoms with E-state index in [-0.39, 0.29) is 18.2 Å². The maximum Gasteiger partial charge on any atom is 0.323 e. The number of hydrogen-bond donors (Lipinski definition) is 2. The van der Waals surface area contributed by atoms with Gasteiger partial charge in [0.15, 0.2) is 0 Å².